The molecule has 1 N–H and O–H groups in total. The molecule has 27 heavy (non-hydrogen) atoms. The van der Waals surface area contributed by atoms with E-state index >= 15 is 0 Å². The summed E-state index contributed by atoms with van der Waals surface area (Å²) in [4.78, 5) is 17.4. The number of aromatic nitrogens is 1. The number of carbonyl (C=O) groups is 1. The zero-order valence-corrected chi connectivity index (χ0v) is 15.1. The van der Waals surface area contributed by atoms with Crippen LogP contribution in [-0.2, 0) is 9.84 Å². The molecule has 2 heterocycles. The second-order valence-electron chi connectivity index (χ2n) is 6.30. The first kappa shape index (κ1) is 19.2. The average Bonchev–Trinajstić information content (AvgIpc) is 2.95. The number of anilines is 2. The Bertz CT molecular complexity index is 979. The Labute approximate surface area is 153 Å². The first-order valence-electron chi connectivity index (χ1n) is 7.95. The summed E-state index contributed by atoms with van der Waals surface area (Å²) in [5.41, 5.74) is 0.0423. The summed E-state index contributed by atoms with van der Waals surface area (Å²) in [5.74, 6) is -3.84. The lowest BCUT2D eigenvalue weighted by atomic mass is 10.2. The van der Waals surface area contributed by atoms with Crippen LogP contribution in [0, 0.1) is 5.82 Å². The van der Waals surface area contributed by atoms with Gasteiger partial charge in [-0.15, -0.1) is 0 Å². The van der Waals surface area contributed by atoms with Crippen LogP contribution in [-0.4, -0.2) is 44.6 Å². The van der Waals surface area contributed by atoms with Crippen LogP contribution in [0.3, 0.4) is 0 Å². The van der Waals surface area contributed by atoms with Gasteiger partial charge in [-0.05, 0) is 30.3 Å². The zero-order valence-electron chi connectivity index (χ0n) is 14.2. The van der Waals surface area contributed by atoms with Gasteiger partial charge in [0.2, 0.25) is 0 Å². The number of sulfone groups is 1. The van der Waals surface area contributed by atoms with Crippen molar-refractivity contribution < 1.29 is 26.4 Å². The van der Waals surface area contributed by atoms with Gasteiger partial charge in [0.05, 0.1) is 22.7 Å². The molecule has 1 aromatic heterocycles. The van der Waals surface area contributed by atoms with Crippen molar-refractivity contribution in [2.75, 3.05) is 29.6 Å². The Balaban J connectivity index is 1.78. The van der Waals surface area contributed by atoms with Gasteiger partial charge in [-0.3, -0.25) is 4.79 Å². The predicted octanol–water partition coefficient (Wildman–Crippen LogP) is 2.72. The number of nitrogens with zero attached hydrogens (tertiary/aromatic N) is 2. The molecular formula is C17H16F3N3O3S. The molecule has 1 fully saturated rings. The van der Waals surface area contributed by atoms with Crippen molar-refractivity contribution >= 4 is 27.2 Å². The molecule has 10 heteroatoms. The van der Waals surface area contributed by atoms with Gasteiger partial charge in [0.15, 0.2) is 9.84 Å². The minimum Gasteiger partial charge on any atom is -0.350 e. The van der Waals surface area contributed by atoms with Crippen molar-refractivity contribution in [1.82, 2.24) is 4.98 Å². The summed E-state index contributed by atoms with van der Waals surface area (Å²) in [6, 6.07) is 5.84. The van der Waals surface area contributed by atoms with Crippen LogP contribution in [0.4, 0.5) is 24.7 Å². The smallest absolute Gasteiger partial charge is 0.266 e. The number of alkyl halides is 2. The van der Waals surface area contributed by atoms with Gasteiger partial charge in [-0.2, -0.15) is 0 Å². The van der Waals surface area contributed by atoms with E-state index < -0.39 is 34.0 Å². The molecule has 1 saturated heterocycles. The lowest BCUT2D eigenvalue weighted by Gasteiger charge is -2.17. The third-order valence-corrected chi connectivity index (χ3v) is 5.23. The molecule has 1 amide bonds. The van der Waals surface area contributed by atoms with Crippen LogP contribution >= 0.6 is 0 Å². The van der Waals surface area contributed by atoms with E-state index in [0.717, 1.165) is 24.5 Å². The normalized spacial score (nSPS) is 16.4. The maximum Gasteiger partial charge on any atom is 0.266 e. The number of hydrogen-bond donors (Lipinski definition) is 1. The maximum absolute atomic E-state index is 13.3. The molecule has 1 aromatic carbocycles. The highest BCUT2D eigenvalue weighted by Crippen LogP contribution is 2.30. The molecule has 0 radical (unpaired) electrons. The van der Waals surface area contributed by atoms with Gasteiger partial charge in [0, 0.05) is 25.4 Å². The van der Waals surface area contributed by atoms with Crippen LogP contribution < -0.4 is 10.2 Å². The highest BCUT2D eigenvalue weighted by molar-refractivity contribution is 7.90. The summed E-state index contributed by atoms with van der Waals surface area (Å²) in [5, 5.41) is 2.40. The summed E-state index contributed by atoms with van der Waals surface area (Å²) in [6.07, 6.45) is 1.86. The molecule has 0 spiro atoms. The van der Waals surface area contributed by atoms with Crippen LogP contribution in [0.1, 0.15) is 16.8 Å². The molecular weight excluding hydrogens is 383 g/mol. The fraction of sp³-hybridized carbons (Fsp3) is 0.294. The SMILES string of the molecule is CS(=O)(=O)c1cc(F)ccc1NC(=O)c1ccc(N2CCC(F)(F)C2)nc1. The van der Waals surface area contributed by atoms with E-state index in [1.54, 1.807) is 0 Å². The number of rotatable bonds is 4. The number of nitrogens with one attached hydrogen (secondary N) is 1. The van der Waals surface area contributed by atoms with Gasteiger partial charge in [-0.1, -0.05) is 0 Å². The number of amides is 1. The summed E-state index contributed by atoms with van der Waals surface area (Å²) in [7, 11) is -3.76. The lowest BCUT2D eigenvalue weighted by Crippen LogP contribution is -2.25. The first-order chi connectivity index (χ1) is 12.5. The number of pyridine rings is 1. The summed E-state index contributed by atoms with van der Waals surface area (Å²) >= 11 is 0. The minimum atomic E-state index is -3.76. The molecule has 144 valence electrons. The first-order valence-corrected chi connectivity index (χ1v) is 9.84. The molecule has 6 nitrogen and oxygen atoms in total. The van der Waals surface area contributed by atoms with Gasteiger partial charge >= 0.3 is 0 Å². The van der Waals surface area contributed by atoms with Crippen molar-refractivity contribution in [3.63, 3.8) is 0 Å². The molecule has 1 aliphatic heterocycles. The number of halogens is 3. The second-order valence-corrected chi connectivity index (χ2v) is 8.28. The Hall–Kier alpha value is -2.62. The Kier molecular flexibility index (Phi) is 4.85. The second kappa shape index (κ2) is 6.84. The molecule has 2 aromatic rings. The van der Waals surface area contributed by atoms with E-state index in [2.05, 4.69) is 10.3 Å². The van der Waals surface area contributed by atoms with Crippen LogP contribution in [0.15, 0.2) is 41.4 Å². The molecule has 1 aliphatic rings. The van der Waals surface area contributed by atoms with E-state index in [0.29, 0.717) is 5.82 Å². The Morgan fingerprint density at radius 2 is 2.00 bits per heavy atom. The monoisotopic (exact) mass is 399 g/mol. The van der Waals surface area contributed by atoms with Gasteiger partial charge in [-0.25, -0.2) is 26.6 Å². The molecule has 0 bridgehead atoms. The fourth-order valence-corrected chi connectivity index (χ4v) is 3.58. The number of carbonyl (C=O) groups excluding carboxylic acids is 1. The molecule has 0 aliphatic carbocycles. The molecule has 0 unspecified atom stereocenters. The third kappa shape index (κ3) is 4.38. The minimum absolute atomic E-state index is 0.0628. The van der Waals surface area contributed by atoms with Crippen molar-refractivity contribution in [3.8, 4) is 0 Å². The molecule has 3 rings (SSSR count). The maximum atomic E-state index is 13.3. The van der Waals surface area contributed by atoms with Crippen LogP contribution in [0.2, 0.25) is 0 Å². The van der Waals surface area contributed by atoms with Gasteiger partial charge in [0.25, 0.3) is 11.8 Å². The molecule has 0 saturated carbocycles. The predicted molar refractivity (Wildman–Crippen MR) is 93.5 cm³/mol. The van der Waals surface area contributed by atoms with E-state index in [1.807, 2.05) is 0 Å². The van der Waals surface area contributed by atoms with Crippen molar-refractivity contribution in [2.45, 2.75) is 17.2 Å². The lowest BCUT2D eigenvalue weighted by molar-refractivity contribution is 0.0256. The Morgan fingerprint density at radius 1 is 1.26 bits per heavy atom. The standard InChI is InChI=1S/C17H16F3N3O3S/c1-27(25,26)14-8-12(18)3-4-13(14)22-16(24)11-2-5-15(21-9-11)23-7-6-17(19,20)10-23/h2-5,8-9H,6-7,10H2,1H3,(H,22,24). The third-order valence-electron chi connectivity index (χ3n) is 4.10. The van der Waals surface area contributed by atoms with Gasteiger partial charge in [0.1, 0.15) is 11.6 Å². The average molecular weight is 399 g/mol. The van der Waals surface area contributed by atoms with Crippen molar-refractivity contribution in [1.29, 1.82) is 0 Å². The molecule has 0 atom stereocenters. The highest BCUT2D eigenvalue weighted by atomic mass is 32.2. The topological polar surface area (TPSA) is 79.4 Å². The van der Waals surface area contributed by atoms with Crippen molar-refractivity contribution in [3.05, 3.63) is 47.9 Å². The van der Waals surface area contributed by atoms with E-state index in [4.69, 9.17) is 0 Å². The highest BCUT2D eigenvalue weighted by Gasteiger charge is 2.38. The zero-order chi connectivity index (χ0) is 19.8. The summed E-state index contributed by atoms with van der Waals surface area (Å²) in [6.45, 7) is -0.266. The summed E-state index contributed by atoms with van der Waals surface area (Å²) < 4.78 is 63.4. The fourth-order valence-electron chi connectivity index (χ4n) is 2.74. The van der Waals surface area contributed by atoms with E-state index in [-0.39, 0.29) is 29.1 Å². The van der Waals surface area contributed by atoms with E-state index in [1.165, 1.54) is 23.2 Å². The van der Waals surface area contributed by atoms with E-state index in [9.17, 15) is 26.4 Å². The Morgan fingerprint density at radius 3 is 2.56 bits per heavy atom. The number of benzene rings is 1. The van der Waals surface area contributed by atoms with Crippen LogP contribution in [0.25, 0.3) is 0 Å². The number of hydrogen-bond acceptors (Lipinski definition) is 5. The quantitative estimate of drug-likeness (QED) is 0.855. The van der Waals surface area contributed by atoms with Crippen molar-refractivity contribution in [2.24, 2.45) is 0 Å². The van der Waals surface area contributed by atoms with Gasteiger partial charge < -0.3 is 10.2 Å². The largest absolute Gasteiger partial charge is 0.350 e. The van der Waals surface area contributed by atoms with Crippen LogP contribution in [0.5, 0.6) is 0 Å².